The summed E-state index contributed by atoms with van der Waals surface area (Å²) < 4.78 is 57.0. The molecule has 1 aromatic carbocycles. The van der Waals surface area contributed by atoms with E-state index < -0.39 is 116 Å². The molecule has 2 saturated heterocycles. The van der Waals surface area contributed by atoms with Crippen LogP contribution in [0, 0.1) is 11.8 Å². The molecule has 3 fully saturated rings. The van der Waals surface area contributed by atoms with Crippen LogP contribution in [0.2, 0.25) is 0 Å². The zero-order chi connectivity index (χ0) is 38.9. The molecule has 20 heteroatoms. The van der Waals surface area contributed by atoms with Gasteiger partial charge in [-0.1, -0.05) is 0 Å². The molecular formula is C33H46O20. The molecule has 298 valence electrons. The number of carbonyl (C=O) groups is 2. The summed E-state index contributed by atoms with van der Waals surface area (Å²) in [7, 11) is 3.73. The molecule has 1 saturated carbocycles. The smallest absolute Gasteiger partial charge is 0.337 e. The number of hydrogen-bond donors (Lipinski definition) is 8. The van der Waals surface area contributed by atoms with Crippen LogP contribution >= 0.6 is 0 Å². The first-order chi connectivity index (χ1) is 25.1. The quantitative estimate of drug-likeness (QED) is 0.0974. The number of aliphatic hydroxyl groups excluding tert-OH is 8. The van der Waals surface area contributed by atoms with E-state index in [2.05, 4.69) is 0 Å². The van der Waals surface area contributed by atoms with Gasteiger partial charge >= 0.3 is 11.9 Å². The fourth-order valence-electron chi connectivity index (χ4n) is 7.21. The fourth-order valence-corrected chi connectivity index (χ4v) is 7.21. The Morgan fingerprint density at radius 2 is 1.34 bits per heavy atom. The highest BCUT2D eigenvalue weighted by Gasteiger charge is 2.63. The zero-order valence-corrected chi connectivity index (χ0v) is 29.4. The lowest BCUT2D eigenvalue weighted by atomic mass is 9.80. The van der Waals surface area contributed by atoms with Gasteiger partial charge in [-0.15, -0.1) is 0 Å². The van der Waals surface area contributed by atoms with E-state index in [0.29, 0.717) is 0 Å². The normalized spacial score (nSPS) is 39.5. The highest BCUT2D eigenvalue weighted by molar-refractivity contribution is 5.89. The molecule has 0 spiro atoms. The van der Waals surface area contributed by atoms with E-state index in [1.807, 2.05) is 0 Å². The number of fused-ring (bicyclic) bond motifs is 1. The van der Waals surface area contributed by atoms with Crippen LogP contribution in [0.25, 0.3) is 0 Å². The minimum absolute atomic E-state index is 0.0202. The maximum atomic E-state index is 13.1. The van der Waals surface area contributed by atoms with E-state index in [-0.39, 0.29) is 35.0 Å². The van der Waals surface area contributed by atoms with Crippen molar-refractivity contribution in [2.45, 2.75) is 99.7 Å². The highest BCUT2D eigenvalue weighted by atomic mass is 16.8. The third-order valence-electron chi connectivity index (χ3n) is 9.80. The van der Waals surface area contributed by atoms with Crippen molar-refractivity contribution in [3.63, 3.8) is 0 Å². The predicted octanol–water partition coefficient (Wildman–Crippen LogP) is -3.18. The monoisotopic (exact) mass is 762 g/mol. The van der Waals surface area contributed by atoms with E-state index >= 15 is 0 Å². The first-order valence-corrected chi connectivity index (χ1v) is 16.6. The summed E-state index contributed by atoms with van der Waals surface area (Å²) in [6.07, 6.45) is -17.6. The van der Waals surface area contributed by atoms with Gasteiger partial charge in [0.15, 0.2) is 17.8 Å². The number of esters is 2. The number of aliphatic hydroxyl groups is 8. The van der Waals surface area contributed by atoms with Crippen molar-refractivity contribution in [1.29, 1.82) is 0 Å². The number of methoxy groups -OCH3 is 3. The third-order valence-corrected chi connectivity index (χ3v) is 9.80. The maximum absolute atomic E-state index is 13.1. The van der Waals surface area contributed by atoms with Crippen LogP contribution in [-0.2, 0) is 38.0 Å². The second-order valence-electron chi connectivity index (χ2n) is 13.2. The van der Waals surface area contributed by atoms with Crippen LogP contribution < -0.4 is 18.9 Å². The van der Waals surface area contributed by atoms with E-state index in [1.54, 1.807) is 6.92 Å². The van der Waals surface area contributed by atoms with Gasteiger partial charge in [-0.3, -0.25) is 4.79 Å². The van der Waals surface area contributed by atoms with E-state index in [1.165, 1.54) is 33.3 Å². The summed E-state index contributed by atoms with van der Waals surface area (Å²) in [6, 6.07) is 2.75. The van der Waals surface area contributed by atoms with Crippen molar-refractivity contribution >= 4 is 11.9 Å². The first-order valence-electron chi connectivity index (χ1n) is 16.6. The van der Waals surface area contributed by atoms with Crippen LogP contribution in [0.15, 0.2) is 24.0 Å². The highest BCUT2D eigenvalue weighted by Crippen LogP contribution is 2.53. The summed E-state index contributed by atoms with van der Waals surface area (Å²) >= 11 is 0. The number of carbonyl (C=O) groups excluding carboxylic acids is 2. The Hall–Kier alpha value is -3.54. The van der Waals surface area contributed by atoms with E-state index in [0.717, 1.165) is 13.4 Å². The van der Waals surface area contributed by atoms with Crippen molar-refractivity contribution in [1.82, 2.24) is 0 Å². The average molecular weight is 763 g/mol. The van der Waals surface area contributed by atoms with Gasteiger partial charge in [0, 0.05) is 31.4 Å². The van der Waals surface area contributed by atoms with Gasteiger partial charge < -0.3 is 88.2 Å². The second kappa shape index (κ2) is 16.4. The van der Waals surface area contributed by atoms with Gasteiger partial charge in [-0.2, -0.15) is 0 Å². The predicted molar refractivity (Wildman–Crippen MR) is 170 cm³/mol. The Labute approximate surface area is 302 Å². The number of hydrogen-bond acceptors (Lipinski definition) is 20. The molecule has 3 aliphatic heterocycles. The summed E-state index contributed by atoms with van der Waals surface area (Å²) in [5.74, 6) is -3.66. The summed E-state index contributed by atoms with van der Waals surface area (Å²) in [4.78, 5) is 25.6. The molecule has 0 radical (unpaired) electrons. The molecule has 3 heterocycles. The standard InChI is InChI=1S/C33H46O20/c1-12(36)53-33(2)8-17(20-14(29(43)46-5)11-47-30(21(20)33)52-32-27(42)25(40)23(38)19(10-35)50-32)48-13-6-15(44-3)28(16(7-13)45-4)51-31-26(41)24(39)22(37)18(9-34)49-31/h6-7,11,17-27,30-32,34-35,37-42H,8-10H2,1-5H3/t17-,18-,19-,20+,21-,22-,23-,24+,25+,26-,27-,30+,31+,32+,33+/m1/s1. The third kappa shape index (κ3) is 7.85. The average Bonchev–Trinajstić information content (AvgIpc) is 3.42. The molecule has 0 aromatic heterocycles. The Morgan fingerprint density at radius 3 is 1.85 bits per heavy atom. The maximum Gasteiger partial charge on any atom is 0.337 e. The van der Waals surface area contributed by atoms with Crippen LogP contribution in [0.1, 0.15) is 20.3 Å². The molecule has 1 aromatic rings. The minimum atomic E-state index is -1.81. The van der Waals surface area contributed by atoms with Crippen molar-refractivity contribution in [3.8, 4) is 23.0 Å². The molecule has 0 bridgehead atoms. The van der Waals surface area contributed by atoms with Crippen molar-refractivity contribution in [2.24, 2.45) is 11.8 Å². The van der Waals surface area contributed by atoms with Crippen molar-refractivity contribution in [2.75, 3.05) is 34.5 Å². The van der Waals surface area contributed by atoms with Gasteiger partial charge in [-0.25, -0.2) is 4.79 Å². The zero-order valence-electron chi connectivity index (χ0n) is 29.4. The fraction of sp³-hybridized carbons (Fsp3) is 0.697. The van der Waals surface area contributed by atoms with Crippen LogP contribution in [0.3, 0.4) is 0 Å². The summed E-state index contributed by atoms with van der Waals surface area (Å²) in [5.41, 5.74) is -1.53. The topological polar surface area (TPSA) is 288 Å². The number of benzene rings is 1. The van der Waals surface area contributed by atoms with Crippen LogP contribution in [0.5, 0.6) is 23.0 Å². The van der Waals surface area contributed by atoms with Gasteiger partial charge in [0.25, 0.3) is 0 Å². The lowest BCUT2D eigenvalue weighted by molar-refractivity contribution is -0.346. The molecule has 0 amide bonds. The molecule has 1 aliphatic carbocycles. The molecular weight excluding hydrogens is 716 g/mol. The Morgan fingerprint density at radius 1 is 0.792 bits per heavy atom. The van der Waals surface area contributed by atoms with E-state index in [9.17, 15) is 50.4 Å². The van der Waals surface area contributed by atoms with Crippen LogP contribution in [-0.4, -0.2) is 167 Å². The molecule has 15 atom stereocenters. The SMILES string of the molecule is COC(=O)C1=CO[C@@H](O[C@@H]2O[C@H](CO)[C@@H](O)[C@H](O)[C@H]2O)[C@H]2[C@@H]1[C@H](Oc1cc(OC)c(O[C@@H]3O[C@H](CO)[C@@H](O)[C@H](O)[C@H]3O)c(OC)c1)C[C@]2(C)OC(C)=O. The Kier molecular flexibility index (Phi) is 12.6. The lowest BCUT2D eigenvalue weighted by Crippen LogP contribution is -2.61. The molecule has 8 N–H and O–H groups in total. The van der Waals surface area contributed by atoms with Gasteiger partial charge in [0.05, 0.1) is 52.3 Å². The minimum Gasteiger partial charge on any atom is -0.493 e. The Bertz CT molecular complexity index is 1460. The summed E-state index contributed by atoms with van der Waals surface area (Å²) in [6.45, 7) is 1.31. The largest absolute Gasteiger partial charge is 0.493 e. The van der Waals surface area contributed by atoms with Crippen molar-refractivity contribution in [3.05, 3.63) is 24.0 Å². The molecule has 5 rings (SSSR count). The summed E-state index contributed by atoms with van der Waals surface area (Å²) in [5, 5.41) is 81.5. The van der Waals surface area contributed by atoms with E-state index in [4.69, 9.17) is 47.4 Å². The van der Waals surface area contributed by atoms with Crippen LogP contribution in [0.4, 0.5) is 0 Å². The Balaban J connectivity index is 1.49. The number of ether oxygens (including phenoxy) is 10. The van der Waals surface area contributed by atoms with Gasteiger partial charge in [0.1, 0.15) is 66.3 Å². The van der Waals surface area contributed by atoms with Gasteiger partial charge in [0.2, 0.25) is 18.3 Å². The first kappa shape index (κ1) is 40.6. The second-order valence-corrected chi connectivity index (χ2v) is 13.2. The molecule has 20 nitrogen and oxygen atoms in total. The number of rotatable bonds is 12. The lowest BCUT2D eigenvalue weighted by Gasteiger charge is -2.44. The van der Waals surface area contributed by atoms with Gasteiger partial charge in [-0.05, 0) is 6.92 Å². The van der Waals surface area contributed by atoms with Crippen molar-refractivity contribution < 1.29 is 97.8 Å². The molecule has 53 heavy (non-hydrogen) atoms. The molecule has 4 aliphatic rings. The molecule has 0 unspecified atom stereocenters.